The van der Waals surface area contributed by atoms with Crippen molar-refractivity contribution >= 4 is 23.2 Å². The normalized spacial score (nSPS) is 11.6. The van der Waals surface area contributed by atoms with Crippen molar-refractivity contribution in [1.82, 2.24) is 9.55 Å². The Labute approximate surface area is 113 Å². The molecular weight excluding hydrogens is 279 g/mol. The molecule has 3 nitrogen and oxygen atoms in total. The van der Waals surface area contributed by atoms with Crippen LogP contribution in [0.25, 0.3) is 0 Å². The third kappa shape index (κ3) is 3.01. The number of alkyl halides is 3. The first-order valence-corrected chi connectivity index (χ1v) is 5.94. The van der Waals surface area contributed by atoms with Gasteiger partial charge < -0.3 is 9.88 Å². The maximum Gasteiger partial charge on any atom is 0.416 e. The van der Waals surface area contributed by atoms with E-state index in [1.165, 1.54) is 6.07 Å². The van der Waals surface area contributed by atoms with E-state index in [4.69, 9.17) is 11.6 Å². The first kappa shape index (κ1) is 13.7. The van der Waals surface area contributed by atoms with E-state index in [9.17, 15) is 13.2 Å². The van der Waals surface area contributed by atoms with Crippen LogP contribution in [0.2, 0.25) is 5.02 Å². The predicted molar refractivity (Wildman–Crippen MR) is 67.6 cm³/mol. The summed E-state index contributed by atoms with van der Waals surface area (Å²) in [6.45, 7) is 2.56. The monoisotopic (exact) mass is 289 g/mol. The van der Waals surface area contributed by atoms with E-state index in [0.29, 0.717) is 12.5 Å². The lowest BCUT2D eigenvalue weighted by atomic mass is 10.2. The molecule has 0 aliphatic rings. The van der Waals surface area contributed by atoms with E-state index in [2.05, 4.69) is 10.3 Å². The number of rotatable bonds is 3. The summed E-state index contributed by atoms with van der Waals surface area (Å²) in [5, 5.41) is 3.01. The number of aryl methyl sites for hydroxylation is 1. The van der Waals surface area contributed by atoms with Crippen molar-refractivity contribution in [2.45, 2.75) is 19.6 Å². The molecule has 2 aromatic rings. The maximum absolute atomic E-state index is 12.6. The summed E-state index contributed by atoms with van der Waals surface area (Å²) in [4.78, 5) is 4.03. The Morgan fingerprint density at radius 3 is 2.74 bits per heavy atom. The Morgan fingerprint density at radius 2 is 2.11 bits per heavy atom. The highest BCUT2D eigenvalue weighted by molar-refractivity contribution is 6.33. The van der Waals surface area contributed by atoms with Gasteiger partial charge in [0.25, 0.3) is 0 Å². The van der Waals surface area contributed by atoms with Crippen LogP contribution in [0.3, 0.4) is 0 Å². The van der Waals surface area contributed by atoms with Gasteiger partial charge in [0.05, 0.1) is 16.3 Å². The lowest BCUT2D eigenvalue weighted by Crippen LogP contribution is -2.07. The van der Waals surface area contributed by atoms with E-state index in [-0.39, 0.29) is 10.7 Å². The number of nitrogens with one attached hydrogen (secondary N) is 1. The zero-order valence-corrected chi connectivity index (χ0v) is 10.8. The minimum atomic E-state index is -4.40. The molecule has 0 radical (unpaired) electrons. The van der Waals surface area contributed by atoms with Gasteiger partial charge in [0.2, 0.25) is 5.95 Å². The van der Waals surface area contributed by atoms with Crippen molar-refractivity contribution in [3.63, 3.8) is 0 Å². The lowest BCUT2D eigenvalue weighted by Gasteiger charge is -2.12. The summed E-state index contributed by atoms with van der Waals surface area (Å²) >= 11 is 5.89. The van der Waals surface area contributed by atoms with Gasteiger partial charge in [-0.15, -0.1) is 0 Å². The van der Waals surface area contributed by atoms with Crippen molar-refractivity contribution in [1.29, 1.82) is 0 Å². The Hall–Kier alpha value is -1.69. The molecule has 0 atom stereocenters. The SMILES string of the molecule is CCn1ccnc1Nc1cc(C(F)(F)F)ccc1Cl. The predicted octanol–water partition coefficient (Wildman–Crippen LogP) is 4.32. The molecule has 0 fully saturated rings. The van der Waals surface area contributed by atoms with Crippen LogP contribution in [0.5, 0.6) is 0 Å². The second kappa shape index (κ2) is 5.13. The number of hydrogen-bond acceptors (Lipinski definition) is 2. The summed E-state index contributed by atoms with van der Waals surface area (Å²) < 4.78 is 39.7. The maximum atomic E-state index is 12.6. The summed E-state index contributed by atoms with van der Waals surface area (Å²) in [7, 11) is 0. The molecule has 1 aromatic heterocycles. The number of benzene rings is 1. The Bertz CT molecular complexity index is 578. The molecule has 0 saturated heterocycles. The largest absolute Gasteiger partial charge is 0.416 e. The lowest BCUT2D eigenvalue weighted by molar-refractivity contribution is -0.137. The van der Waals surface area contributed by atoms with Crippen LogP contribution in [0.15, 0.2) is 30.6 Å². The molecule has 0 saturated carbocycles. The molecule has 7 heteroatoms. The van der Waals surface area contributed by atoms with E-state index >= 15 is 0 Å². The smallest absolute Gasteiger partial charge is 0.324 e. The third-order valence-electron chi connectivity index (χ3n) is 2.60. The van der Waals surface area contributed by atoms with Gasteiger partial charge >= 0.3 is 6.18 Å². The summed E-state index contributed by atoms with van der Waals surface area (Å²) in [5.41, 5.74) is -0.577. The van der Waals surface area contributed by atoms with Gasteiger partial charge in [0.1, 0.15) is 0 Å². The summed E-state index contributed by atoms with van der Waals surface area (Å²) in [6, 6.07) is 3.13. The first-order valence-electron chi connectivity index (χ1n) is 5.56. The minimum Gasteiger partial charge on any atom is -0.324 e. The van der Waals surface area contributed by atoms with Crippen molar-refractivity contribution < 1.29 is 13.2 Å². The summed E-state index contributed by atoms with van der Waals surface area (Å²) in [6.07, 6.45) is -1.11. The molecule has 0 aliphatic heterocycles. The third-order valence-corrected chi connectivity index (χ3v) is 2.93. The second-order valence-electron chi connectivity index (χ2n) is 3.85. The Morgan fingerprint density at radius 1 is 1.37 bits per heavy atom. The molecule has 2 rings (SSSR count). The average molecular weight is 290 g/mol. The molecular formula is C12H11ClF3N3. The summed E-state index contributed by atoms with van der Waals surface area (Å²) in [5.74, 6) is 0.448. The highest BCUT2D eigenvalue weighted by atomic mass is 35.5. The zero-order valence-electron chi connectivity index (χ0n) is 10.0. The first-order chi connectivity index (χ1) is 8.91. The van der Waals surface area contributed by atoms with Crippen LogP contribution >= 0.6 is 11.6 Å². The fraction of sp³-hybridized carbons (Fsp3) is 0.250. The number of hydrogen-bond donors (Lipinski definition) is 1. The zero-order chi connectivity index (χ0) is 14.0. The van der Waals surface area contributed by atoms with Gasteiger partial charge in [0.15, 0.2) is 0 Å². The van der Waals surface area contributed by atoms with E-state index in [0.717, 1.165) is 12.1 Å². The van der Waals surface area contributed by atoms with Crippen LogP contribution < -0.4 is 5.32 Å². The van der Waals surface area contributed by atoms with Gasteiger partial charge in [-0.1, -0.05) is 11.6 Å². The molecule has 102 valence electrons. The van der Waals surface area contributed by atoms with Gasteiger partial charge in [0, 0.05) is 18.9 Å². The Balaban J connectivity index is 2.34. The van der Waals surface area contributed by atoms with E-state index in [1.807, 2.05) is 6.92 Å². The molecule has 19 heavy (non-hydrogen) atoms. The van der Waals surface area contributed by atoms with Gasteiger partial charge in [-0.2, -0.15) is 13.2 Å². The molecule has 0 aliphatic carbocycles. The minimum absolute atomic E-state index is 0.178. The van der Waals surface area contributed by atoms with E-state index in [1.54, 1.807) is 17.0 Å². The van der Waals surface area contributed by atoms with Crippen LogP contribution in [0.4, 0.5) is 24.8 Å². The van der Waals surface area contributed by atoms with E-state index < -0.39 is 11.7 Å². The highest BCUT2D eigenvalue weighted by Crippen LogP contribution is 2.34. The number of imidazole rings is 1. The number of aromatic nitrogens is 2. The number of halogens is 4. The van der Waals surface area contributed by atoms with Crippen molar-refractivity contribution in [3.8, 4) is 0 Å². The van der Waals surface area contributed by atoms with Gasteiger partial charge in [-0.25, -0.2) is 4.98 Å². The van der Waals surface area contributed by atoms with Gasteiger partial charge in [-0.3, -0.25) is 0 Å². The highest BCUT2D eigenvalue weighted by Gasteiger charge is 2.31. The molecule has 0 spiro atoms. The standard InChI is InChI=1S/C12H11ClF3N3/c1-2-19-6-5-17-11(19)18-10-7-8(12(14,15)16)3-4-9(10)13/h3-7H,2H2,1H3,(H,17,18). The van der Waals surface area contributed by atoms with Crippen molar-refractivity contribution in [2.75, 3.05) is 5.32 Å². The molecule has 0 unspecified atom stereocenters. The van der Waals surface area contributed by atoms with Crippen LogP contribution in [0.1, 0.15) is 12.5 Å². The fourth-order valence-corrected chi connectivity index (χ4v) is 1.77. The van der Waals surface area contributed by atoms with Gasteiger partial charge in [-0.05, 0) is 25.1 Å². The molecule has 0 amide bonds. The second-order valence-corrected chi connectivity index (χ2v) is 4.26. The number of nitrogens with zero attached hydrogens (tertiary/aromatic N) is 2. The van der Waals surface area contributed by atoms with Crippen LogP contribution in [-0.2, 0) is 12.7 Å². The van der Waals surface area contributed by atoms with Crippen molar-refractivity contribution in [2.24, 2.45) is 0 Å². The fourth-order valence-electron chi connectivity index (χ4n) is 1.61. The van der Waals surface area contributed by atoms with Crippen LogP contribution in [0, 0.1) is 0 Å². The average Bonchev–Trinajstić information content (AvgIpc) is 2.77. The molecule has 0 bridgehead atoms. The van der Waals surface area contributed by atoms with Crippen LogP contribution in [-0.4, -0.2) is 9.55 Å². The molecule has 1 N–H and O–H groups in total. The Kier molecular flexibility index (Phi) is 3.71. The van der Waals surface area contributed by atoms with Crippen molar-refractivity contribution in [3.05, 3.63) is 41.2 Å². The molecule has 1 aromatic carbocycles. The molecule has 1 heterocycles. The topological polar surface area (TPSA) is 29.9 Å². The quantitative estimate of drug-likeness (QED) is 0.912. The number of anilines is 2.